The Hall–Kier alpha value is -1.27. The van der Waals surface area contributed by atoms with Crippen LogP contribution in [-0.2, 0) is 11.3 Å². The van der Waals surface area contributed by atoms with Gasteiger partial charge >= 0.3 is 6.09 Å². The number of carbonyl (C=O) groups is 1. The summed E-state index contributed by atoms with van der Waals surface area (Å²) in [5.41, 5.74) is 7.44. The van der Waals surface area contributed by atoms with Crippen molar-refractivity contribution in [3.63, 3.8) is 0 Å². The Balaban J connectivity index is 1.79. The number of nitrogens with two attached hydrogens (primary N) is 1. The average molecular weight is 384 g/mol. The summed E-state index contributed by atoms with van der Waals surface area (Å²) < 4.78 is 6.45. The van der Waals surface area contributed by atoms with E-state index in [1.165, 1.54) is 0 Å². The van der Waals surface area contributed by atoms with Crippen LogP contribution in [-0.4, -0.2) is 35.7 Å². The maximum absolute atomic E-state index is 12.0. The highest BCUT2D eigenvalue weighted by atomic mass is 79.9. The number of nitrogens with one attached hydrogen (secondary N) is 1. The van der Waals surface area contributed by atoms with Gasteiger partial charge < -0.3 is 20.7 Å². The third-order valence-corrected chi connectivity index (χ3v) is 4.33. The molecule has 0 aliphatic carbocycles. The number of nitrogen functional groups attached to an aromatic ring is 1. The van der Waals surface area contributed by atoms with Gasteiger partial charge in [-0.3, -0.25) is 0 Å². The van der Waals surface area contributed by atoms with Crippen LogP contribution in [0.5, 0.6) is 0 Å². The van der Waals surface area contributed by atoms with E-state index in [0.29, 0.717) is 6.04 Å². The summed E-state index contributed by atoms with van der Waals surface area (Å²) in [7, 11) is 0. The standard InChI is InChI=1S/C17H26BrN3O2/c1-17(2,3)23-16(22)21-8-6-14(7-9-21)20-11-12-10-13(18)4-5-15(12)19/h4-5,10,14,20H,6-9,11,19H2,1-3H3. The van der Waals surface area contributed by atoms with Crippen molar-refractivity contribution in [2.45, 2.75) is 51.8 Å². The summed E-state index contributed by atoms with van der Waals surface area (Å²) >= 11 is 3.47. The molecule has 1 fully saturated rings. The minimum atomic E-state index is -0.440. The Bertz CT molecular complexity index is 549. The Morgan fingerprint density at radius 1 is 1.39 bits per heavy atom. The molecule has 0 bridgehead atoms. The molecule has 3 N–H and O–H groups in total. The lowest BCUT2D eigenvalue weighted by molar-refractivity contribution is 0.0198. The van der Waals surface area contributed by atoms with E-state index >= 15 is 0 Å². The van der Waals surface area contributed by atoms with E-state index in [1.807, 2.05) is 39.0 Å². The average Bonchev–Trinajstić information content (AvgIpc) is 2.47. The molecular formula is C17H26BrN3O2. The number of hydrogen-bond donors (Lipinski definition) is 2. The van der Waals surface area contributed by atoms with Gasteiger partial charge in [0, 0.05) is 35.8 Å². The smallest absolute Gasteiger partial charge is 0.410 e. The molecule has 0 aromatic heterocycles. The molecule has 0 radical (unpaired) electrons. The molecule has 0 atom stereocenters. The van der Waals surface area contributed by atoms with Crippen LogP contribution in [0, 0.1) is 0 Å². The number of amides is 1. The molecule has 1 aliphatic heterocycles. The predicted molar refractivity (Wildman–Crippen MR) is 96.2 cm³/mol. The molecule has 1 aromatic carbocycles. The summed E-state index contributed by atoms with van der Waals surface area (Å²) in [4.78, 5) is 13.8. The second kappa shape index (κ2) is 7.53. The largest absolute Gasteiger partial charge is 0.444 e. The lowest BCUT2D eigenvalue weighted by Gasteiger charge is -2.33. The summed E-state index contributed by atoms with van der Waals surface area (Å²) in [5, 5.41) is 3.53. The Kier molecular flexibility index (Phi) is 5.92. The topological polar surface area (TPSA) is 67.6 Å². The fourth-order valence-corrected chi connectivity index (χ4v) is 2.98. The van der Waals surface area contributed by atoms with Crippen molar-refractivity contribution < 1.29 is 9.53 Å². The van der Waals surface area contributed by atoms with Gasteiger partial charge in [-0.2, -0.15) is 0 Å². The lowest BCUT2D eigenvalue weighted by Crippen LogP contribution is -2.46. The Labute approximate surface area is 146 Å². The van der Waals surface area contributed by atoms with Crippen molar-refractivity contribution in [3.8, 4) is 0 Å². The molecule has 1 saturated heterocycles. The van der Waals surface area contributed by atoms with Gasteiger partial charge in [-0.05, 0) is 57.4 Å². The molecule has 1 heterocycles. The number of piperidine rings is 1. The van der Waals surface area contributed by atoms with E-state index in [9.17, 15) is 4.79 Å². The van der Waals surface area contributed by atoms with Crippen LogP contribution in [0.2, 0.25) is 0 Å². The zero-order valence-corrected chi connectivity index (χ0v) is 15.6. The van der Waals surface area contributed by atoms with E-state index in [1.54, 1.807) is 4.90 Å². The van der Waals surface area contributed by atoms with Crippen molar-refractivity contribution in [2.75, 3.05) is 18.8 Å². The summed E-state index contributed by atoms with van der Waals surface area (Å²) in [6.07, 6.45) is 1.63. The highest BCUT2D eigenvalue weighted by molar-refractivity contribution is 9.10. The van der Waals surface area contributed by atoms with Crippen LogP contribution in [0.25, 0.3) is 0 Å². The fraction of sp³-hybridized carbons (Fsp3) is 0.588. The second-order valence-electron chi connectivity index (χ2n) is 6.97. The van der Waals surface area contributed by atoms with E-state index in [4.69, 9.17) is 10.5 Å². The number of likely N-dealkylation sites (tertiary alicyclic amines) is 1. The van der Waals surface area contributed by atoms with Gasteiger partial charge in [0.25, 0.3) is 0 Å². The molecule has 23 heavy (non-hydrogen) atoms. The first-order valence-corrected chi connectivity index (χ1v) is 8.79. The van der Waals surface area contributed by atoms with E-state index < -0.39 is 5.60 Å². The van der Waals surface area contributed by atoms with Gasteiger partial charge in [0.2, 0.25) is 0 Å². The van der Waals surface area contributed by atoms with Crippen LogP contribution in [0.3, 0.4) is 0 Å². The van der Waals surface area contributed by atoms with Gasteiger partial charge in [0.05, 0.1) is 0 Å². The number of rotatable bonds is 3. The predicted octanol–water partition coefficient (Wildman–Crippen LogP) is 3.52. The third kappa shape index (κ3) is 5.70. The van der Waals surface area contributed by atoms with Crippen LogP contribution in [0.1, 0.15) is 39.2 Å². The quantitative estimate of drug-likeness (QED) is 0.783. The summed E-state index contributed by atoms with van der Waals surface area (Å²) in [6.45, 7) is 7.86. The van der Waals surface area contributed by atoms with Gasteiger partial charge in [-0.15, -0.1) is 0 Å². The number of ether oxygens (including phenoxy) is 1. The third-order valence-electron chi connectivity index (χ3n) is 3.83. The van der Waals surface area contributed by atoms with Gasteiger partial charge in [-0.1, -0.05) is 15.9 Å². The SMILES string of the molecule is CC(C)(C)OC(=O)N1CCC(NCc2cc(Br)ccc2N)CC1. The van der Waals surface area contributed by atoms with Crippen molar-refractivity contribution in [3.05, 3.63) is 28.2 Å². The Morgan fingerprint density at radius 2 is 2.04 bits per heavy atom. The fourth-order valence-electron chi connectivity index (χ4n) is 2.57. The van der Waals surface area contributed by atoms with Crippen molar-refractivity contribution in [1.29, 1.82) is 0 Å². The molecule has 0 saturated carbocycles. The molecule has 128 valence electrons. The number of benzene rings is 1. The molecule has 0 spiro atoms. The highest BCUT2D eigenvalue weighted by Gasteiger charge is 2.26. The van der Waals surface area contributed by atoms with Gasteiger partial charge in [0.1, 0.15) is 5.60 Å². The maximum atomic E-state index is 12.0. The van der Waals surface area contributed by atoms with E-state index in [2.05, 4.69) is 21.2 Å². The number of anilines is 1. The van der Waals surface area contributed by atoms with E-state index in [0.717, 1.165) is 48.2 Å². The number of halogens is 1. The first kappa shape index (κ1) is 18.1. The molecule has 6 heteroatoms. The first-order valence-electron chi connectivity index (χ1n) is 8.00. The zero-order valence-electron chi connectivity index (χ0n) is 14.1. The number of nitrogens with zero attached hydrogens (tertiary/aromatic N) is 1. The Morgan fingerprint density at radius 3 is 2.65 bits per heavy atom. The molecular weight excluding hydrogens is 358 g/mol. The molecule has 2 rings (SSSR count). The van der Waals surface area contributed by atoms with Crippen LogP contribution >= 0.6 is 15.9 Å². The van der Waals surface area contributed by atoms with Crippen LogP contribution in [0.4, 0.5) is 10.5 Å². The maximum Gasteiger partial charge on any atom is 0.410 e. The zero-order chi connectivity index (χ0) is 17.0. The van der Waals surface area contributed by atoms with Crippen molar-refractivity contribution in [2.24, 2.45) is 0 Å². The van der Waals surface area contributed by atoms with E-state index in [-0.39, 0.29) is 6.09 Å². The summed E-state index contributed by atoms with van der Waals surface area (Å²) in [5.74, 6) is 0. The summed E-state index contributed by atoms with van der Waals surface area (Å²) in [6, 6.07) is 6.29. The lowest BCUT2D eigenvalue weighted by atomic mass is 10.0. The van der Waals surface area contributed by atoms with Crippen LogP contribution in [0.15, 0.2) is 22.7 Å². The number of hydrogen-bond acceptors (Lipinski definition) is 4. The normalized spacial score (nSPS) is 16.4. The van der Waals surface area contributed by atoms with Crippen LogP contribution < -0.4 is 11.1 Å². The number of carbonyl (C=O) groups excluding carboxylic acids is 1. The van der Waals surface area contributed by atoms with Crippen molar-refractivity contribution >= 4 is 27.7 Å². The molecule has 1 aromatic rings. The monoisotopic (exact) mass is 383 g/mol. The minimum Gasteiger partial charge on any atom is -0.444 e. The van der Waals surface area contributed by atoms with Crippen molar-refractivity contribution in [1.82, 2.24) is 10.2 Å². The molecule has 1 amide bonds. The molecule has 5 nitrogen and oxygen atoms in total. The van der Waals surface area contributed by atoms with Gasteiger partial charge in [-0.25, -0.2) is 4.79 Å². The van der Waals surface area contributed by atoms with Gasteiger partial charge in [0.15, 0.2) is 0 Å². The minimum absolute atomic E-state index is 0.216. The molecule has 1 aliphatic rings. The highest BCUT2D eigenvalue weighted by Crippen LogP contribution is 2.20. The second-order valence-corrected chi connectivity index (χ2v) is 7.88. The first-order chi connectivity index (χ1) is 10.7. The molecule has 0 unspecified atom stereocenters.